The highest BCUT2D eigenvalue weighted by Gasteiger charge is 2.19. The number of benzene rings is 1. The van der Waals surface area contributed by atoms with Gasteiger partial charge in [0, 0.05) is 6.54 Å². The highest BCUT2D eigenvalue weighted by Crippen LogP contribution is 2.30. The first-order valence-corrected chi connectivity index (χ1v) is 5.02. The van der Waals surface area contributed by atoms with Gasteiger partial charge in [-0.05, 0) is 38.5 Å². The monoisotopic (exact) mass is 209 g/mol. The highest BCUT2D eigenvalue weighted by molar-refractivity contribution is 5.42. The Hall–Kier alpha value is -1.22. The van der Waals surface area contributed by atoms with E-state index in [4.69, 9.17) is 15.2 Å². The van der Waals surface area contributed by atoms with Crippen LogP contribution in [0.3, 0.4) is 0 Å². The average molecular weight is 209 g/mol. The number of rotatable bonds is 4. The van der Waals surface area contributed by atoms with Gasteiger partial charge < -0.3 is 15.2 Å². The molecule has 3 nitrogen and oxygen atoms in total. The van der Waals surface area contributed by atoms with Crippen LogP contribution >= 0.6 is 0 Å². The Labute approximate surface area is 91.2 Å². The van der Waals surface area contributed by atoms with Gasteiger partial charge in [-0.15, -0.1) is 0 Å². The molecule has 0 aromatic heterocycles. The Morgan fingerprint density at radius 2 is 1.93 bits per heavy atom. The second-order valence-electron chi connectivity index (χ2n) is 4.22. The van der Waals surface area contributed by atoms with Gasteiger partial charge in [0.1, 0.15) is 5.60 Å². The van der Waals surface area contributed by atoms with Crippen LogP contribution in [0.5, 0.6) is 11.5 Å². The molecule has 0 fully saturated rings. The van der Waals surface area contributed by atoms with Gasteiger partial charge in [0.05, 0.1) is 7.11 Å². The van der Waals surface area contributed by atoms with E-state index in [2.05, 4.69) is 0 Å². The zero-order valence-electron chi connectivity index (χ0n) is 9.83. The van der Waals surface area contributed by atoms with Crippen molar-refractivity contribution in [1.82, 2.24) is 0 Å². The van der Waals surface area contributed by atoms with Crippen molar-refractivity contribution in [2.24, 2.45) is 5.73 Å². The van der Waals surface area contributed by atoms with E-state index in [1.54, 1.807) is 7.11 Å². The fraction of sp³-hybridized carbons (Fsp3) is 0.500. The molecule has 0 saturated heterocycles. The summed E-state index contributed by atoms with van der Waals surface area (Å²) in [5, 5.41) is 0. The summed E-state index contributed by atoms with van der Waals surface area (Å²) in [6.07, 6.45) is 0. The van der Waals surface area contributed by atoms with Gasteiger partial charge in [0.25, 0.3) is 0 Å². The fourth-order valence-electron chi connectivity index (χ4n) is 1.20. The maximum absolute atomic E-state index is 5.78. The summed E-state index contributed by atoms with van der Waals surface area (Å²) in [6, 6.07) is 5.85. The van der Waals surface area contributed by atoms with Crippen LogP contribution in [0.15, 0.2) is 18.2 Å². The molecule has 0 aliphatic rings. The molecule has 0 bridgehead atoms. The highest BCUT2D eigenvalue weighted by atomic mass is 16.5. The summed E-state index contributed by atoms with van der Waals surface area (Å²) in [4.78, 5) is 0. The Morgan fingerprint density at radius 3 is 2.47 bits per heavy atom. The minimum atomic E-state index is -0.372. The normalized spacial score (nSPS) is 11.3. The van der Waals surface area contributed by atoms with E-state index >= 15 is 0 Å². The zero-order chi connectivity index (χ0) is 11.5. The first-order valence-electron chi connectivity index (χ1n) is 5.02. The number of nitrogens with two attached hydrogens (primary N) is 1. The van der Waals surface area contributed by atoms with Crippen molar-refractivity contribution < 1.29 is 9.47 Å². The van der Waals surface area contributed by atoms with Crippen molar-refractivity contribution in [3.63, 3.8) is 0 Å². The van der Waals surface area contributed by atoms with Gasteiger partial charge in [0.2, 0.25) is 0 Å². The Kier molecular flexibility index (Phi) is 3.58. The summed E-state index contributed by atoms with van der Waals surface area (Å²) < 4.78 is 11.0. The van der Waals surface area contributed by atoms with E-state index in [0.717, 1.165) is 17.1 Å². The second-order valence-corrected chi connectivity index (χ2v) is 4.22. The molecule has 15 heavy (non-hydrogen) atoms. The van der Waals surface area contributed by atoms with E-state index in [-0.39, 0.29) is 5.60 Å². The first-order chi connectivity index (χ1) is 6.98. The lowest BCUT2D eigenvalue weighted by atomic mass is 10.1. The summed E-state index contributed by atoms with van der Waals surface area (Å²) in [6.45, 7) is 6.38. The molecule has 0 heterocycles. The number of aryl methyl sites for hydroxylation is 1. The maximum Gasteiger partial charge on any atom is 0.162 e. The van der Waals surface area contributed by atoms with Gasteiger partial charge in [-0.2, -0.15) is 0 Å². The molecule has 1 aromatic carbocycles. The molecule has 2 N–H and O–H groups in total. The van der Waals surface area contributed by atoms with E-state index in [0.29, 0.717) is 6.54 Å². The van der Waals surface area contributed by atoms with Crippen molar-refractivity contribution >= 4 is 0 Å². The number of ether oxygens (including phenoxy) is 2. The van der Waals surface area contributed by atoms with Crippen LogP contribution in [0.1, 0.15) is 19.4 Å². The molecular formula is C12H19NO2. The predicted molar refractivity (Wildman–Crippen MR) is 61.5 cm³/mol. The minimum Gasteiger partial charge on any atom is -0.493 e. The summed E-state index contributed by atoms with van der Waals surface area (Å²) in [5.74, 6) is 1.48. The van der Waals surface area contributed by atoms with Crippen LogP contribution < -0.4 is 15.2 Å². The smallest absolute Gasteiger partial charge is 0.162 e. The van der Waals surface area contributed by atoms with Crippen molar-refractivity contribution in [3.05, 3.63) is 23.8 Å². The quantitative estimate of drug-likeness (QED) is 0.826. The van der Waals surface area contributed by atoms with Crippen LogP contribution in [0.4, 0.5) is 0 Å². The SMILES string of the molecule is COc1cc(C)ccc1OC(C)(C)CN. The molecule has 84 valence electrons. The van der Waals surface area contributed by atoms with E-state index in [1.807, 2.05) is 39.0 Å². The average Bonchev–Trinajstić information content (AvgIpc) is 2.20. The molecule has 0 unspecified atom stereocenters. The summed E-state index contributed by atoms with van der Waals surface area (Å²) >= 11 is 0. The third kappa shape index (κ3) is 3.13. The number of methoxy groups -OCH3 is 1. The fourth-order valence-corrected chi connectivity index (χ4v) is 1.20. The molecule has 0 atom stereocenters. The van der Waals surface area contributed by atoms with Gasteiger partial charge >= 0.3 is 0 Å². The zero-order valence-corrected chi connectivity index (χ0v) is 9.83. The Balaban J connectivity index is 2.94. The van der Waals surface area contributed by atoms with Crippen LogP contribution in [0.25, 0.3) is 0 Å². The standard InChI is InChI=1S/C12H19NO2/c1-9-5-6-10(11(7-9)14-4)15-12(2,3)8-13/h5-7H,8,13H2,1-4H3. The first kappa shape index (κ1) is 11.9. The van der Waals surface area contributed by atoms with Gasteiger partial charge in [0.15, 0.2) is 11.5 Å². The van der Waals surface area contributed by atoms with Crippen LogP contribution in [0, 0.1) is 6.92 Å². The molecule has 0 saturated carbocycles. The molecule has 0 radical (unpaired) electrons. The Bertz CT molecular complexity index is 334. The molecule has 0 aliphatic heterocycles. The van der Waals surface area contributed by atoms with Crippen LogP contribution in [-0.2, 0) is 0 Å². The second kappa shape index (κ2) is 4.53. The topological polar surface area (TPSA) is 44.5 Å². The van der Waals surface area contributed by atoms with E-state index in [1.165, 1.54) is 0 Å². The van der Waals surface area contributed by atoms with Crippen LogP contribution in [0.2, 0.25) is 0 Å². The lowest BCUT2D eigenvalue weighted by molar-refractivity contribution is 0.114. The van der Waals surface area contributed by atoms with Gasteiger partial charge in [-0.25, -0.2) is 0 Å². The number of hydrogen-bond donors (Lipinski definition) is 1. The van der Waals surface area contributed by atoms with Gasteiger partial charge in [-0.3, -0.25) is 0 Å². The lowest BCUT2D eigenvalue weighted by Crippen LogP contribution is -2.37. The molecule has 0 aliphatic carbocycles. The third-order valence-electron chi connectivity index (χ3n) is 2.20. The van der Waals surface area contributed by atoms with Crippen molar-refractivity contribution in [1.29, 1.82) is 0 Å². The Morgan fingerprint density at radius 1 is 1.27 bits per heavy atom. The van der Waals surface area contributed by atoms with Crippen molar-refractivity contribution in [2.75, 3.05) is 13.7 Å². The van der Waals surface area contributed by atoms with E-state index < -0.39 is 0 Å². The lowest BCUT2D eigenvalue weighted by Gasteiger charge is -2.25. The molecule has 3 heteroatoms. The summed E-state index contributed by atoms with van der Waals surface area (Å²) in [7, 11) is 1.64. The third-order valence-corrected chi connectivity index (χ3v) is 2.20. The molecular weight excluding hydrogens is 190 g/mol. The number of hydrogen-bond acceptors (Lipinski definition) is 3. The molecule has 0 amide bonds. The molecule has 0 spiro atoms. The van der Waals surface area contributed by atoms with Crippen LogP contribution in [-0.4, -0.2) is 19.3 Å². The maximum atomic E-state index is 5.78. The molecule has 1 aromatic rings. The summed E-state index contributed by atoms with van der Waals surface area (Å²) in [5.41, 5.74) is 6.38. The van der Waals surface area contributed by atoms with Gasteiger partial charge in [-0.1, -0.05) is 6.07 Å². The largest absolute Gasteiger partial charge is 0.493 e. The van der Waals surface area contributed by atoms with Crippen molar-refractivity contribution in [3.8, 4) is 11.5 Å². The predicted octanol–water partition coefficient (Wildman–Crippen LogP) is 2.12. The minimum absolute atomic E-state index is 0.372. The molecule has 1 rings (SSSR count). The van der Waals surface area contributed by atoms with E-state index in [9.17, 15) is 0 Å². The van der Waals surface area contributed by atoms with Crippen molar-refractivity contribution in [2.45, 2.75) is 26.4 Å².